The van der Waals surface area contributed by atoms with Gasteiger partial charge in [0.25, 0.3) is 0 Å². The summed E-state index contributed by atoms with van der Waals surface area (Å²) in [5.74, 6) is -0.427. The lowest BCUT2D eigenvalue weighted by Crippen LogP contribution is -2.50. The zero-order chi connectivity index (χ0) is 18.1. The zero-order valence-corrected chi connectivity index (χ0v) is 15.2. The molecule has 4 rings (SSSR count). The molecule has 0 bridgehead atoms. The zero-order valence-electron chi connectivity index (χ0n) is 15.2. The van der Waals surface area contributed by atoms with Crippen molar-refractivity contribution in [1.29, 1.82) is 0 Å². The van der Waals surface area contributed by atoms with Gasteiger partial charge in [0.15, 0.2) is 6.29 Å². The smallest absolute Gasteiger partial charge is 0.233 e. The van der Waals surface area contributed by atoms with Gasteiger partial charge in [0.1, 0.15) is 0 Å². The lowest BCUT2D eigenvalue weighted by Gasteiger charge is -2.38. The molecule has 3 atom stereocenters. The molecular formula is C19H28N2O5. The van der Waals surface area contributed by atoms with Crippen LogP contribution in [-0.2, 0) is 23.9 Å². The molecule has 0 unspecified atom stereocenters. The maximum atomic E-state index is 12.8. The third-order valence-corrected chi connectivity index (χ3v) is 6.31. The van der Waals surface area contributed by atoms with Crippen LogP contribution in [-0.4, -0.2) is 66.2 Å². The molecule has 4 fully saturated rings. The second kappa shape index (κ2) is 7.64. The molecule has 0 spiro atoms. The Balaban J connectivity index is 1.36. The van der Waals surface area contributed by atoms with Crippen molar-refractivity contribution in [3.63, 3.8) is 0 Å². The Kier molecular flexibility index (Phi) is 5.27. The van der Waals surface area contributed by atoms with Crippen LogP contribution >= 0.6 is 0 Å². The van der Waals surface area contributed by atoms with E-state index >= 15 is 0 Å². The van der Waals surface area contributed by atoms with E-state index in [1.165, 1.54) is 4.90 Å². The fourth-order valence-corrected chi connectivity index (χ4v) is 4.95. The summed E-state index contributed by atoms with van der Waals surface area (Å²) in [6, 6.07) is -0.0497. The van der Waals surface area contributed by atoms with Crippen LogP contribution in [0.4, 0.5) is 0 Å². The first kappa shape index (κ1) is 17.9. The van der Waals surface area contributed by atoms with Gasteiger partial charge in [-0.25, -0.2) is 0 Å². The van der Waals surface area contributed by atoms with E-state index in [1.54, 1.807) is 0 Å². The monoisotopic (exact) mass is 364 g/mol. The second-order valence-electron chi connectivity index (χ2n) is 7.84. The van der Waals surface area contributed by atoms with E-state index in [-0.39, 0.29) is 54.9 Å². The van der Waals surface area contributed by atoms with Crippen molar-refractivity contribution in [2.24, 2.45) is 11.8 Å². The number of ether oxygens (including phenoxy) is 2. The Morgan fingerprint density at radius 3 is 2.19 bits per heavy atom. The molecule has 1 aliphatic carbocycles. The largest absolute Gasteiger partial charge is 0.348 e. The van der Waals surface area contributed by atoms with Crippen LogP contribution < -0.4 is 0 Å². The summed E-state index contributed by atoms with van der Waals surface area (Å²) in [5, 5.41) is 0. The fraction of sp³-hybridized carbons (Fsp3) is 0.842. The Hall–Kier alpha value is -1.47. The predicted molar refractivity (Wildman–Crippen MR) is 91.8 cm³/mol. The summed E-state index contributed by atoms with van der Waals surface area (Å²) in [4.78, 5) is 41.1. The summed E-state index contributed by atoms with van der Waals surface area (Å²) in [7, 11) is 0. The molecule has 0 aromatic carbocycles. The Morgan fingerprint density at radius 2 is 1.54 bits per heavy atom. The molecule has 0 radical (unpaired) electrons. The van der Waals surface area contributed by atoms with Gasteiger partial charge in [-0.1, -0.05) is 12.8 Å². The van der Waals surface area contributed by atoms with Crippen molar-refractivity contribution < 1.29 is 23.9 Å². The second-order valence-corrected chi connectivity index (χ2v) is 7.84. The molecular weight excluding hydrogens is 336 g/mol. The van der Waals surface area contributed by atoms with E-state index < -0.39 is 0 Å². The van der Waals surface area contributed by atoms with Gasteiger partial charge in [-0.3, -0.25) is 19.3 Å². The van der Waals surface area contributed by atoms with Gasteiger partial charge in [0.2, 0.25) is 17.7 Å². The first-order valence-electron chi connectivity index (χ1n) is 10.0. The summed E-state index contributed by atoms with van der Waals surface area (Å²) in [5.41, 5.74) is 0. The minimum Gasteiger partial charge on any atom is -0.348 e. The summed E-state index contributed by atoms with van der Waals surface area (Å²) < 4.78 is 11.2. The molecule has 144 valence electrons. The maximum absolute atomic E-state index is 12.8. The number of imide groups is 1. The van der Waals surface area contributed by atoms with E-state index in [2.05, 4.69) is 0 Å². The minimum atomic E-state index is -0.336. The number of carbonyl (C=O) groups is 3. The maximum Gasteiger partial charge on any atom is 0.233 e. The number of piperidine rings is 1. The first-order chi connectivity index (χ1) is 12.7. The van der Waals surface area contributed by atoms with E-state index in [0.29, 0.717) is 19.8 Å². The van der Waals surface area contributed by atoms with Crippen LogP contribution in [0.5, 0.6) is 0 Å². The molecule has 0 aromatic heterocycles. The number of likely N-dealkylation sites (tertiary alicyclic amines) is 2. The van der Waals surface area contributed by atoms with Crippen LogP contribution in [0.2, 0.25) is 0 Å². The van der Waals surface area contributed by atoms with Crippen molar-refractivity contribution in [2.45, 2.75) is 63.7 Å². The van der Waals surface area contributed by atoms with Gasteiger partial charge in [-0.05, 0) is 32.1 Å². The standard InChI is InChI=1S/C19H28N2O5/c22-16(20-9-4-3-7-15(20)19-25-11-12-26-19)8-10-21-17(23)13-5-1-2-6-14(13)18(21)24/h13-15,19H,1-12H2/t13-,14-,15-/m1/s1. The van der Waals surface area contributed by atoms with Gasteiger partial charge in [-0.15, -0.1) is 0 Å². The van der Waals surface area contributed by atoms with E-state index in [1.807, 2.05) is 4.90 Å². The molecule has 3 amide bonds. The lowest BCUT2D eigenvalue weighted by molar-refractivity contribution is -0.151. The number of amides is 3. The molecule has 4 aliphatic rings. The summed E-state index contributed by atoms with van der Waals surface area (Å²) >= 11 is 0. The molecule has 7 heteroatoms. The third-order valence-electron chi connectivity index (χ3n) is 6.31. The summed E-state index contributed by atoms with van der Waals surface area (Å²) in [6.07, 6.45) is 6.42. The van der Waals surface area contributed by atoms with E-state index in [9.17, 15) is 14.4 Å². The molecule has 1 saturated carbocycles. The first-order valence-corrected chi connectivity index (χ1v) is 10.0. The molecule has 3 heterocycles. The molecule has 7 nitrogen and oxygen atoms in total. The van der Waals surface area contributed by atoms with Crippen LogP contribution in [0.15, 0.2) is 0 Å². The highest BCUT2D eigenvalue weighted by molar-refractivity contribution is 6.05. The molecule has 0 N–H and O–H groups in total. The lowest BCUT2D eigenvalue weighted by atomic mass is 9.81. The highest BCUT2D eigenvalue weighted by Crippen LogP contribution is 2.38. The minimum absolute atomic E-state index is 0.00993. The Morgan fingerprint density at radius 1 is 0.923 bits per heavy atom. The van der Waals surface area contributed by atoms with Gasteiger partial charge in [-0.2, -0.15) is 0 Å². The van der Waals surface area contributed by atoms with E-state index in [4.69, 9.17) is 9.47 Å². The SMILES string of the molecule is O=C1[C@@H]2CCCC[C@H]2C(=O)N1CCC(=O)N1CCCC[C@@H]1C1OCCO1. The number of fused-ring (bicyclic) bond motifs is 1. The number of nitrogens with zero attached hydrogens (tertiary/aromatic N) is 2. The van der Waals surface area contributed by atoms with Gasteiger partial charge in [0.05, 0.1) is 31.1 Å². The van der Waals surface area contributed by atoms with Crippen LogP contribution in [0.1, 0.15) is 51.4 Å². The van der Waals surface area contributed by atoms with Crippen LogP contribution in [0.25, 0.3) is 0 Å². The van der Waals surface area contributed by atoms with Crippen LogP contribution in [0, 0.1) is 11.8 Å². The highest BCUT2D eigenvalue weighted by Gasteiger charge is 2.48. The summed E-state index contributed by atoms with van der Waals surface area (Å²) in [6.45, 7) is 2.05. The average molecular weight is 364 g/mol. The van der Waals surface area contributed by atoms with Gasteiger partial charge >= 0.3 is 0 Å². The molecule has 26 heavy (non-hydrogen) atoms. The third kappa shape index (κ3) is 3.27. The van der Waals surface area contributed by atoms with Crippen molar-refractivity contribution in [3.05, 3.63) is 0 Å². The normalized spacial score (nSPS) is 33.0. The van der Waals surface area contributed by atoms with Crippen molar-refractivity contribution >= 4 is 17.7 Å². The molecule has 3 saturated heterocycles. The predicted octanol–water partition coefficient (Wildman–Crippen LogP) is 1.31. The number of hydrogen-bond acceptors (Lipinski definition) is 5. The number of hydrogen-bond donors (Lipinski definition) is 0. The van der Waals surface area contributed by atoms with Crippen LogP contribution in [0.3, 0.4) is 0 Å². The molecule has 3 aliphatic heterocycles. The Labute approximate surface area is 154 Å². The van der Waals surface area contributed by atoms with Gasteiger partial charge < -0.3 is 14.4 Å². The van der Waals surface area contributed by atoms with Crippen molar-refractivity contribution in [2.75, 3.05) is 26.3 Å². The fourth-order valence-electron chi connectivity index (χ4n) is 4.95. The topological polar surface area (TPSA) is 76.2 Å². The quantitative estimate of drug-likeness (QED) is 0.703. The van der Waals surface area contributed by atoms with Crippen molar-refractivity contribution in [3.8, 4) is 0 Å². The number of rotatable bonds is 4. The van der Waals surface area contributed by atoms with E-state index in [0.717, 1.165) is 44.9 Å². The highest BCUT2D eigenvalue weighted by atomic mass is 16.7. The Bertz CT molecular complexity index is 550. The molecule has 0 aromatic rings. The van der Waals surface area contributed by atoms with Gasteiger partial charge in [0, 0.05) is 19.5 Å². The number of carbonyl (C=O) groups excluding carboxylic acids is 3. The average Bonchev–Trinajstić information content (AvgIpc) is 3.29. The van der Waals surface area contributed by atoms with Crippen molar-refractivity contribution in [1.82, 2.24) is 9.80 Å².